The van der Waals surface area contributed by atoms with Gasteiger partial charge in [-0.2, -0.15) is 0 Å². The average molecular weight is 423 g/mol. The highest BCUT2D eigenvalue weighted by atomic mass is 16.2. The molecule has 2 fully saturated rings. The van der Waals surface area contributed by atoms with Gasteiger partial charge >= 0.3 is 6.03 Å². The van der Waals surface area contributed by atoms with E-state index in [1.54, 1.807) is 6.20 Å². The summed E-state index contributed by atoms with van der Waals surface area (Å²) in [6, 6.07) is 14.4. The zero-order valence-corrected chi connectivity index (χ0v) is 18.5. The summed E-state index contributed by atoms with van der Waals surface area (Å²) in [5.41, 5.74) is 2.09. The van der Waals surface area contributed by atoms with Gasteiger partial charge in [-0.3, -0.25) is 4.90 Å². The van der Waals surface area contributed by atoms with Crippen molar-refractivity contribution >= 4 is 23.2 Å². The average Bonchev–Trinajstić information content (AvgIpc) is 3.34. The van der Waals surface area contributed by atoms with E-state index in [0.717, 1.165) is 63.7 Å². The van der Waals surface area contributed by atoms with Crippen molar-refractivity contribution < 1.29 is 4.79 Å². The number of anilines is 3. The van der Waals surface area contributed by atoms with Crippen molar-refractivity contribution in [3.63, 3.8) is 0 Å². The van der Waals surface area contributed by atoms with Gasteiger partial charge in [-0.05, 0) is 50.5 Å². The molecule has 31 heavy (non-hydrogen) atoms. The molecule has 1 aromatic heterocycles. The van der Waals surface area contributed by atoms with Gasteiger partial charge in [0.15, 0.2) is 5.82 Å². The second-order valence-electron chi connectivity index (χ2n) is 8.52. The number of aromatic nitrogens is 1. The summed E-state index contributed by atoms with van der Waals surface area (Å²) < 4.78 is 0. The van der Waals surface area contributed by atoms with Crippen LogP contribution >= 0.6 is 0 Å². The number of carbonyl (C=O) groups excluding carboxylic acids is 1. The molecule has 0 spiro atoms. The predicted molar refractivity (Wildman–Crippen MR) is 127 cm³/mol. The maximum atomic E-state index is 12.6. The Kier molecular flexibility index (Phi) is 7.25. The van der Waals surface area contributed by atoms with Gasteiger partial charge in [0.25, 0.3) is 0 Å². The van der Waals surface area contributed by atoms with Gasteiger partial charge < -0.3 is 20.4 Å². The molecule has 166 valence electrons. The lowest BCUT2D eigenvalue weighted by Gasteiger charge is -2.36. The van der Waals surface area contributed by atoms with Gasteiger partial charge in [0.1, 0.15) is 0 Å². The summed E-state index contributed by atoms with van der Waals surface area (Å²) in [7, 11) is 0. The first-order valence-electron chi connectivity index (χ1n) is 11.5. The Hall–Kier alpha value is -2.80. The lowest BCUT2D eigenvalue weighted by Crippen LogP contribution is -2.47. The van der Waals surface area contributed by atoms with Crippen LogP contribution in [0.1, 0.15) is 26.2 Å². The van der Waals surface area contributed by atoms with Gasteiger partial charge in [0, 0.05) is 63.7 Å². The molecule has 1 aromatic carbocycles. The molecule has 4 rings (SSSR count). The minimum Gasteiger partial charge on any atom is -0.369 e. The van der Waals surface area contributed by atoms with Crippen LogP contribution in [0.2, 0.25) is 0 Å². The first kappa shape index (κ1) is 21.4. The van der Waals surface area contributed by atoms with E-state index >= 15 is 0 Å². The van der Waals surface area contributed by atoms with Crippen LogP contribution < -0.4 is 20.4 Å². The number of hydrogen-bond donors (Lipinski definition) is 2. The fraction of sp³-hybridized carbons (Fsp3) is 0.500. The molecule has 7 nitrogen and oxygen atoms in total. The second-order valence-corrected chi connectivity index (χ2v) is 8.52. The topological polar surface area (TPSA) is 63.7 Å². The fourth-order valence-electron chi connectivity index (χ4n) is 4.37. The largest absolute Gasteiger partial charge is 0.369 e. The summed E-state index contributed by atoms with van der Waals surface area (Å²) in [5.74, 6) is 0.874. The highest BCUT2D eigenvalue weighted by Crippen LogP contribution is 2.26. The van der Waals surface area contributed by atoms with Crippen LogP contribution in [0.25, 0.3) is 0 Å². The fourth-order valence-corrected chi connectivity index (χ4v) is 4.37. The van der Waals surface area contributed by atoms with Crippen molar-refractivity contribution in [1.29, 1.82) is 0 Å². The summed E-state index contributed by atoms with van der Waals surface area (Å²) >= 11 is 0. The molecule has 0 aliphatic carbocycles. The molecule has 2 saturated heterocycles. The minimum absolute atomic E-state index is 0.110. The van der Waals surface area contributed by atoms with Gasteiger partial charge in [0.2, 0.25) is 0 Å². The molecule has 7 heteroatoms. The predicted octanol–water partition coefficient (Wildman–Crippen LogP) is 3.40. The summed E-state index contributed by atoms with van der Waals surface area (Å²) in [6.45, 7) is 9.29. The van der Waals surface area contributed by atoms with Crippen molar-refractivity contribution in [3.8, 4) is 0 Å². The molecule has 0 bridgehead atoms. The van der Waals surface area contributed by atoms with Crippen molar-refractivity contribution in [3.05, 3.63) is 48.7 Å². The molecule has 0 saturated carbocycles. The van der Waals surface area contributed by atoms with Crippen molar-refractivity contribution in [2.45, 2.75) is 32.2 Å². The zero-order valence-electron chi connectivity index (χ0n) is 18.5. The Morgan fingerprint density at radius 1 is 0.968 bits per heavy atom. The third-order valence-corrected chi connectivity index (χ3v) is 6.19. The van der Waals surface area contributed by atoms with E-state index in [0.29, 0.717) is 0 Å². The Morgan fingerprint density at radius 3 is 2.45 bits per heavy atom. The smallest absolute Gasteiger partial charge is 0.319 e. The van der Waals surface area contributed by atoms with E-state index in [1.165, 1.54) is 18.5 Å². The first-order valence-corrected chi connectivity index (χ1v) is 11.5. The second kappa shape index (κ2) is 10.5. The summed E-state index contributed by atoms with van der Waals surface area (Å²) in [4.78, 5) is 24.2. The van der Waals surface area contributed by atoms with E-state index in [-0.39, 0.29) is 12.1 Å². The maximum absolute atomic E-state index is 12.6. The van der Waals surface area contributed by atoms with Crippen LogP contribution in [0.3, 0.4) is 0 Å². The molecular weight excluding hydrogens is 388 g/mol. The van der Waals surface area contributed by atoms with Gasteiger partial charge in [-0.15, -0.1) is 0 Å². The standard InChI is InChI=1S/C24H34N6O/c1-20(11-15-28-16-18-29(19-17-28)21-8-3-2-4-9-21)26-24(31)27-22-10-7-12-25-23(22)30-13-5-6-14-30/h2-4,7-10,12,20H,5-6,11,13-19H2,1H3,(H2,26,27,31)/t20-/m1/s1. The lowest BCUT2D eigenvalue weighted by molar-refractivity contribution is 0.235. The van der Waals surface area contributed by atoms with E-state index in [1.807, 2.05) is 12.1 Å². The quantitative estimate of drug-likeness (QED) is 0.716. The van der Waals surface area contributed by atoms with Crippen LogP contribution in [0.4, 0.5) is 22.0 Å². The number of carbonyl (C=O) groups is 1. The van der Waals surface area contributed by atoms with Crippen LogP contribution in [0.5, 0.6) is 0 Å². The van der Waals surface area contributed by atoms with Gasteiger partial charge in [0.05, 0.1) is 5.69 Å². The highest BCUT2D eigenvalue weighted by Gasteiger charge is 2.20. The number of nitrogens with one attached hydrogen (secondary N) is 2. The van der Waals surface area contributed by atoms with Crippen molar-refractivity contribution in [1.82, 2.24) is 15.2 Å². The molecule has 2 aliphatic rings. The SMILES string of the molecule is C[C@H](CCN1CCN(c2ccccc2)CC1)NC(=O)Nc1cccnc1N1CCCC1. The van der Waals surface area contributed by atoms with Crippen LogP contribution in [-0.2, 0) is 0 Å². The van der Waals surface area contributed by atoms with Crippen molar-refractivity contribution in [2.75, 3.05) is 60.9 Å². The molecule has 2 N–H and O–H groups in total. The van der Waals surface area contributed by atoms with E-state index in [9.17, 15) is 4.79 Å². The molecule has 2 aromatic rings. The number of urea groups is 1. The zero-order chi connectivity index (χ0) is 21.5. The molecule has 0 radical (unpaired) electrons. The Labute approximate surface area is 185 Å². The van der Waals surface area contributed by atoms with Crippen molar-refractivity contribution in [2.24, 2.45) is 0 Å². The highest BCUT2D eigenvalue weighted by molar-refractivity contribution is 5.92. The van der Waals surface area contributed by atoms with Crippen LogP contribution in [0.15, 0.2) is 48.7 Å². The summed E-state index contributed by atoms with van der Waals surface area (Å²) in [5, 5.41) is 6.09. The Morgan fingerprint density at radius 2 is 1.71 bits per heavy atom. The number of piperazine rings is 1. The summed E-state index contributed by atoms with van der Waals surface area (Å²) in [6.07, 6.45) is 5.08. The van der Waals surface area contributed by atoms with Gasteiger partial charge in [-0.1, -0.05) is 18.2 Å². The first-order chi connectivity index (χ1) is 15.2. The third-order valence-electron chi connectivity index (χ3n) is 6.19. The number of nitrogens with zero attached hydrogens (tertiary/aromatic N) is 4. The lowest BCUT2D eigenvalue weighted by atomic mass is 10.2. The Bertz CT molecular complexity index is 831. The number of benzene rings is 1. The number of para-hydroxylation sites is 1. The van der Waals surface area contributed by atoms with Gasteiger partial charge in [-0.25, -0.2) is 9.78 Å². The molecule has 2 aliphatic heterocycles. The number of hydrogen-bond acceptors (Lipinski definition) is 5. The van der Waals surface area contributed by atoms with E-state index in [4.69, 9.17) is 0 Å². The maximum Gasteiger partial charge on any atom is 0.319 e. The molecular formula is C24H34N6O. The number of rotatable bonds is 7. The molecule has 2 amide bonds. The Balaban J connectivity index is 1.19. The monoisotopic (exact) mass is 422 g/mol. The third kappa shape index (κ3) is 5.88. The minimum atomic E-state index is -0.158. The van der Waals surface area contributed by atoms with E-state index < -0.39 is 0 Å². The normalized spacial score (nSPS) is 18.1. The number of pyridine rings is 1. The number of amides is 2. The molecule has 1 atom stereocenters. The molecule has 3 heterocycles. The molecule has 0 unspecified atom stereocenters. The van der Waals surface area contributed by atoms with E-state index in [2.05, 4.69) is 67.6 Å². The van der Waals surface area contributed by atoms with Crippen LogP contribution in [0, 0.1) is 0 Å². The van der Waals surface area contributed by atoms with Crippen LogP contribution in [-0.4, -0.2) is 67.8 Å².